The lowest BCUT2D eigenvalue weighted by molar-refractivity contribution is -0.151. The molecule has 0 spiro atoms. The Morgan fingerprint density at radius 3 is 2.61 bits per heavy atom. The van der Waals surface area contributed by atoms with Gasteiger partial charge in [0.1, 0.15) is 0 Å². The van der Waals surface area contributed by atoms with E-state index in [0.29, 0.717) is 15.7 Å². The minimum atomic E-state index is -0.614. The summed E-state index contributed by atoms with van der Waals surface area (Å²) in [6.45, 7) is 1.71. The Kier molecular flexibility index (Phi) is 6.21. The van der Waals surface area contributed by atoms with Gasteiger partial charge >= 0.3 is 5.97 Å². The number of carbonyl (C=O) groups is 3. The smallest absolute Gasteiger partial charge is 0.311 e. The maximum absolute atomic E-state index is 12.3. The van der Waals surface area contributed by atoms with E-state index in [1.165, 1.54) is 6.07 Å². The maximum Gasteiger partial charge on any atom is 0.311 e. The van der Waals surface area contributed by atoms with Crippen LogP contribution in [-0.2, 0) is 19.1 Å². The van der Waals surface area contributed by atoms with E-state index >= 15 is 0 Å². The van der Waals surface area contributed by atoms with Gasteiger partial charge in [0.15, 0.2) is 6.61 Å². The highest BCUT2D eigenvalue weighted by molar-refractivity contribution is 6.35. The van der Waals surface area contributed by atoms with Crippen LogP contribution in [0.5, 0.6) is 0 Å². The molecule has 2 amide bonds. The Bertz CT molecular complexity index is 915. The van der Waals surface area contributed by atoms with Crippen molar-refractivity contribution in [3.8, 4) is 0 Å². The fourth-order valence-corrected chi connectivity index (χ4v) is 3.21. The van der Waals surface area contributed by atoms with Crippen LogP contribution in [0.2, 0.25) is 10.0 Å². The molecule has 1 N–H and O–H groups in total. The van der Waals surface area contributed by atoms with Gasteiger partial charge in [-0.1, -0.05) is 40.9 Å². The lowest BCUT2D eigenvalue weighted by Crippen LogP contribution is -2.28. The largest absolute Gasteiger partial charge is 0.455 e. The van der Waals surface area contributed by atoms with Gasteiger partial charge in [-0.3, -0.25) is 14.4 Å². The molecule has 1 saturated heterocycles. The predicted octanol–water partition coefficient (Wildman–Crippen LogP) is 3.84. The highest BCUT2D eigenvalue weighted by Gasteiger charge is 2.36. The third-order valence-electron chi connectivity index (χ3n) is 4.35. The summed E-state index contributed by atoms with van der Waals surface area (Å²) in [6.07, 6.45) is 0.0500. The number of carbonyl (C=O) groups excluding carboxylic acids is 3. The molecule has 1 atom stereocenters. The van der Waals surface area contributed by atoms with Gasteiger partial charge in [-0.05, 0) is 37.3 Å². The van der Waals surface area contributed by atoms with Crippen LogP contribution in [-0.4, -0.2) is 30.9 Å². The van der Waals surface area contributed by atoms with Crippen molar-refractivity contribution < 1.29 is 19.1 Å². The lowest BCUT2D eigenvalue weighted by Gasteiger charge is -2.16. The van der Waals surface area contributed by atoms with Gasteiger partial charge in [0.05, 0.1) is 16.6 Å². The third-order valence-corrected chi connectivity index (χ3v) is 4.92. The molecule has 1 aliphatic rings. The monoisotopic (exact) mass is 420 g/mol. The van der Waals surface area contributed by atoms with E-state index in [1.54, 1.807) is 17.0 Å². The molecule has 0 aromatic heterocycles. The second-order valence-electron chi connectivity index (χ2n) is 6.52. The Morgan fingerprint density at radius 1 is 1.18 bits per heavy atom. The number of nitrogens with zero attached hydrogens (tertiary/aromatic N) is 1. The zero-order chi connectivity index (χ0) is 20.3. The first-order chi connectivity index (χ1) is 13.3. The van der Waals surface area contributed by atoms with Crippen molar-refractivity contribution in [2.45, 2.75) is 13.3 Å². The summed E-state index contributed by atoms with van der Waals surface area (Å²) in [6, 6.07) is 12.1. The van der Waals surface area contributed by atoms with Crippen LogP contribution in [0.25, 0.3) is 0 Å². The number of anilines is 2. The van der Waals surface area contributed by atoms with Crippen molar-refractivity contribution in [2.75, 3.05) is 23.4 Å². The molecule has 6 nitrogen and oxygen atoms in total. The summed E-state index contributed by atoms with van der Waals surface area (Å²) in [5.41, 5.74) is 2.15. The Labute approximate surface area is 172 Å². The number of rotatable bonds is 5. The molecule has 8 heteroatoms. The van der Waals surface area contributed by atoms with Gasteiger partial charge in [0, 0.05) is 23.7 Å². The van der Waals surface area contributed by atoms with Gasteiger partial charge in [0.25, 0.3) is 5.91 Å². The Hall–Kier alpha value is -2.57. The van der Waals surface area contributed by atoms with E-state index in [0.717, 1.165) is 11.3 Å². The lowest BCUT2D eigenvalue weighted by atomic mass is 10.1. The van der Waals surface area contributed by atoms with Crippen LogP contribution in [0, 0.1) is 12.8 Å². The molecule has 0 saturated carbocycles. The SMILES string of the molecule is Cc1ccc(N2CC(C(=O)OCC(=O)Nc3cc(Cl)ccc3Cl)CC2=O)cc1. The minimum absolute atomic E-state index is 0.0500. The zero-order valence-electron chi connectivity index (χ0n) is 15.1. The molecule has 146 valence electrons. The normalized spacial score (nSPS) is 16.2. The number of halogens is 2. The topological polar surface area (TPSA) is 75.7 Å². The number of nitrogens with one attached hydrogen (secondary N) is 1. The summed E-state index contributed by atoms with van der Waals surface area (Å²) in [5.74, 6) is -1.90. The predicted molar refractivity (Wildman–Crippen MR) is 108 cm³/mol. The highest BCUT2D eigenvalue weighted by Crippen LogP contribution is 2.27. The first-order valence-corrected chi connectivity index (χ1v) is 9.37. The summed E-state index contributed by atoms with van der Waals surface area (Å²) >= 11 is 11.9. The quantitative estimate of drug-likeness (QED) is 0.745. The van der Waals surface area contributed by atoms with Crippen LogP contribution in [0.3, 0.4) is 0 Å². The number of amides is 2. The second kappa shape index (κ2) is 8.63. The van der Waals surface area contributed by atoms with E-state index in [4.69, 9.17) is 27.9 Å². The summed E-state index contributed by atoms with van der Waals surface area (Å²) in [4.78, 5) is 38.1. The first-order valence-electron chi connectivity index (χ1n) is 8.62. The van der Waals surface area contributed by atoms with Gasteiger partial charge in [-0.15, -0.1) is 0 Å². The third kappa shape index (κ3) is 4.82. The Balaban J connectivity index is 1.53. The van der Waals surface area contributed by atoms with Gasteiger partial charge < -0.3 is 15.0 Å². The van der Waals surface area contributed by atoms with E-state index in [2.05, 4.69) is 5.32 Å². The molecule has 0 bridgehead atoms. The molecule has 2 aromatic rings. The molecular formula is C20H18Cl2N2O4. The van der Waals surface area contributed by atoms with Gasteiger partial charge in [0.2, 0.25) is 5.91 Å². The standard InChI is InChI=1S/C20H18Cl2N2O4/c1-12-2-5-15(6-3-12)24-10-13(8-19(24)26)20(27)28-11-18(25)23-17-9-14(21)4-7-16(17)22/h2-7,9,13H,8,10-11H2,1H3,(H,23,25). The van der Waals surface area contributed by atoms with Crippen molar-refractivity contribution in [3.05, 3.63) is 58.1 Å². The highest BCUT2D eigenvalue weighted by atomic mass is 35.5. The summed E-state index contributed by atoms with van der Waals surface area (Å²) < 4.78 is 5.08. The summed E-state index contributed by atoms with van der Waals surface area (Å²) in [5, 5.41) is 3.27. The molecule has 2 aromatic carbocycles. The fraction of sp³-hybridized carbons (Fsp3) is 0.250. The van der Waals surface area contributed by atoms with Gasteiger partial charge in [-0.25, -0.2) is 0 Å². The minimum Gasteiger partial charge on any atom is -0.455 e. The van der Waals surface area contributed by atoms with Gasteiger partial charge in [-0.2, -0.15) is 0 Å². The molecule has 0 radical (unpaired) electrons. The van der Waals surface area contributed by atoms with Crippen molar-refractivity contribution >= 4 is 52.4 Å². The van der Waals surface area contributed by atoms with E-state index in [9.17, 15) is 14.4 Å². The zero-order valence-corrected chi connectivity index (χ0v) is 16.6. The van der Waals surface area contributed by atoms with E-state index in [-0.39, 0.29) is 18.9 Å². The van der Waals surface area contributed by atoms with Crippen LogP contribution >= 0.6 is 23.2 Å². The molecule has 3 rings (SSSR count). The van der Waals surface area contributed by atoms with Crippen molar-refractivity contribution in [3.63, 3.8) is 0 Å². The maximum atomic E-state index is 12.3. The van der Waals surface area contributed by atoms with Crippen molar-refractivity contribution in [1.82, 2.24) is 0 Å². The van der Waals surface area contributed by atoms with E-state index in [1.807, 2.05) is 31.2 Å². The summed E-state index contributed by atoms with van der Waals surface area (Å²) in [7, 11) is 0. The fourth-order valence-electron chi connectivity index (χ4n) is 2.87. The number of aryl methyl sites for hydroxylation is 1. The molecule has 1 unspecified atom stereocenters. The van der Waals surface area contributed by atoms with Crippen molar-refractivity contribution in [2.24, 2.45) is 5.92 Å². The van der Waals surface area contributed by atoms with Crippen LogP contribution < -0.4 is 10.2 Å². The molecule has 1 fully saturated rings. The molecule has 28 heavy (non-hydrogen) atoms. The van der Waals surface area contributed by atoms with Crippen LogP contribution in [0.4, 0.5) is 11.4 Å². The second-order valence-corrected chi connectivity index (χ2v) is 7.36. The average Bonchev–Trinajstić information content (AvgIpc) is 3.05. The molecular weight excluding hydrogens is 403 g/mol. The number of hydrogen-bond donors (Lipinski definition) is 1. The number of esters is 1. The number of benzene rings is 2. The van der Waals surface area contributed by atoms with Crippen LogP contribution in [0.1, 0.15) is 12.0 Å². The van der Waals surface area contributed by atoms with Crippen LogP contribution in [0.15, 0.2) is 42.5 Å². The molecule has 0 aliphatic carbocycles. The average molecular weight is 421 g/mol. The molecule has 1 aliphatic heterocycles. The number of ether oxygens (including phenoxy) is 1. The van der Waals surface area contributed by atoms with E-state index < -0.39 is 24.4 Å². The molecule has 1 heterocycles. The Morgan fingerprint density at radius 2 is 1.89 bits per heavy atom. The van der Waals surface area contributed by atoms with Crippen molar-refractivity contribution in [1.29, 1.82) is 0 Å². The first kappa shape index (κ1) is 20.2. The number of hydrogen-bond acceptors (Lipinski definition) is 4.